The van der Waals surface area contributed by atoms with Gasteiger partial charge in [-0.2, -0.15) is 13.8 Å². The summed E-state index contributed by atoms with van der Waals surface area (Å²) < 4.78 is 57.1. The largest absolute Gasteiger partial charge is 0.376 e. The molecule has 1 saturated heterocycles. The van der Waals surface area contributed by atoms with Crippen LogP contribution in [0.3, 0.4) is 0 Å². The van der Waals surface area contributed by atoms with Gasteiger partial charge < -0.3 is 9.64 Å². The molecule has 0 bridgehead atoms. The molecule has 0 unspecified atom stereocenters. The normalized spacial score (nSPS) is 24.1. The van der Waals surface area contributed by atoms with E-state index in [-0.39, 0.29) is 24.1 Å². The van der Waals surface area contributed by atoms with Gasteiger partial charge in [0.25, 0.3) is 0 Å². The maximum Gasteiger partial charge on any atom is 0.240 e. The Hall–Kier alpha value is -0.990. The van der Waals surface area contributed by atoms with Crippen molar-refractivity contribution in [1.29, 1.82) is 0 Å². The molecule has 21 heavy (non-hydrogen) atoms. The number of ether oxygens (including phenoxy) is 1. The third-order valence-corrected chi connectivity index (χ3v) is 5.89. The first-order valence-electron chi connectivity index (χ1n) is 6.54. The molecule has 0 saturated carbocycles. The number of rotatable bonds is 2. The predicted octanol–water partition coefficient (Wildman–Crippen LogP) is 1.79. The van der Waals surface area contributed by atoms with Crippen LogP contribution in [0.4, 0.5) is 14.5 Å². The summed E-state index contributed by atoms with van der Waals surface area (Å²) in [5.41, 5.74) is -0.247. The number of pyridine rings is 1. The summed E-state index contributed by atoms with van der Waals surface area (Å²) in [5.74, 6) is -2.71. The van der Waals surface area contributed by atoms with E-state index < -0.39 is 31.7 Å². The van der Waals surface area contributed by atoms with Gasteiger partial charge in [-0.15, -0.1) is 0 Å². The summed E-state index contributed by atoms with van der Waals surface area (Å²) in [6.07, 6.45) is 1.64. The Kier molecular flexibility index (Phi) is 3.79. The summed E-state index contributed by atoms with van der Waals surface area (Å²) >= 11 is 5.71. The van der Waals surface area contributed by atoms with Crippen LogP contribution in [0, 0.1) is 11.9 Å². The molecule has 116 valence electrons. The van der Waals surface area contributed by atoms with Gasteiger partial charge in [0.15, 0.2) is 9.84 Å². The van der Waals surface area contributed by atoms with Gasteiger partial charge in [-0.1, -0.05) is 11.6 Å². The maximum atomic E-state index is 14.0. The van der Waals surface area contributed by atoms with Crippen molar-refractivity contribution in [1.82, 2.24) is 4.98 Å². The van der Waals surface area contributed by atoms with Gasteiger partial charge in [0.1, 0.15) is 15.6 Å². The highest BCUT2D eigenvalue weighted by Crippen LogP contribution is 2.38. The van der Waals surface area contributed by atoms with Crippen molar-refractivity contribution in [2.24, 2.45) is 0 Å². The van der Waals surface area contributed by atoms with Crippen LogP contribution in [-0.2, 0) is 14.6 Å². The first-order valence-corrected chi connectivity index (χ1v) is 8.57. The van der Waals surface area contributed by atoms with Crippen LogP contribution in [0.25, 0.3) is 0 Å². The summed E-state index contributed by atoms with van der Waals surface area (Å²) in [6.45, 7) is 1.08. The quantitative estimate of drug-likeness (QED) is 0.769. The fourth-order valence-electron chi connectivity index (χ4n) is 2.70. The van der Waals surface area contributed by atoms with E-state index >= 15 is 0 Å². The average molecular weight is 339 g/mol. The molecule has 1 fully saturated rings. The van der Waals surface area contributed by atoms with Crippen molar-refractivity contribution >= 4 is 27.1 Å². The van der Waals surface area contributed by atoms with Crippen LogP contribution in [0.1, 0.15) is 12.8 Å². The van der Waals surface area contributed by atoms with Gasteiger partial charge in [-0.3, -0.25) is 0 Å². The van der Waals surface area contributed by atoms with E-state index in [9.17, 15) is 17.2 Å². The minimum absolute atomic E-state index is 0.0955. The van der Waals surface area contributed by atoms with Crippen LogP contribution in [0.2, 0.25) is 5.02 Å². The topological polar surface area (TPSA) is 59.5 Å². The number of halogens is 3. The van der Waals surface area contributed by atoms with Crippen molar-refractivity contribution < 1.29 is 21.9 Å². The maximum absolute atomic E-state index is 14.0. The molecule has 0 aromatic carbocycles. The third kappa shape index (κ3) is 2.60. The predicted molar refractivity (Wildman–Crippen MR) is 72.4 cm³/mol. The first-order chi connectivity index (χ1) is 9.90. The monoisotopic (exact) mass is 338 g/mol. The molecule has 5 nitrogen and oxygen atoms in total. The summed E-state index contributed by atoms with van der Waals surface area (Å²) in [4.78, 5) is 4.09. The SMILES string of the molecule is O=S1(=O)CCN(C[C@H]2CCCO2)c2c(F)nc(F)c(Cl)c21. The molecule has 1 atom stereocenters. The van der Waals surface area contributed by atoms with E-state index in [0.29, 0.717) is 13.2 Å². The Labute approximate surface area is 125 Å². The van der Waals surface area contributed by atoms with E-state index in [4.69, 9.17) is 16.3 Å². The Bertz CT molecular complexity index is 678. The summed E-state index contributed by atoms with van der Waals surface area (Å²) in [7, 11) is -3.82. The second-order valence-electron chi connectivity index (χ2n) is 5.09. The molecular weight excluding hydrogens is 326 g/mol. The van der Waals surface area contributed by atoms with E-state index in [2.05, 4.69) is 4.98 Å². The van der Waals surface area contributed by atoms with E-state index in [0.717, 1.165) is 12.8 Å². The molecule has 3 rings (SSSR count). The Morgan fingerprint density at radius 2 is 2.14 bits per heavy atom. The van der Waals surface area contributed by atoms with Crippen molar-refractivity contribution in [2.75, 3.05) is 30.3 Å². The number of anilines is 1. The Morgan fingerprint density at radius 3 is 2.81 bits per heavy atom. The third-order valence-electron chi connectivity index (χ3n) is 3.69. The van der Waals surface area contributed by atoms with Gasteiger partial charge in [0, 0.05) is 19.7 Å². The molecule has 3 heterocycles. The number of nitrogens with zero attached hydrogens (tertiary/aromatic N) is 2. The fourth-order valence-corrected chi connectivity index (χ4v) is 4.71. The highest BCUT2D eigenvalue weighted by molar-refractivity contribution is 7.91. The molecule has 9 heteroatoms. The number of hydrogen-bond acceptors (Lipinski definition) is 5. The molecule has 2 aliphatic heterocycles. The fraction of sp³-hybridized carbons (Fsp3) is 0.583. The zero-order chi connectivity index (χ0) is 15.2. The molecular formula is C12H13ClF2N2O3S. The first kappa shape index (κ1) is 14.9. The number of sulfone groups is 1. The van der Waals surface area contributed by atoms with Crippen LogP contribution < -0.4 is 4.90 Å². The Balaban J connectivity index is 2.07. The molecule has 2 aliphatic rings. The van der Waals surface area contributed by atoms with Gasteiger partial charge in [-0.05, 0) is 12.8 Å². The highest BCUT2D eigenvalue weighted by atomic mass is 35.5. The molecule has 1 aromatic rings. The number of fused-ring (bicyclic) bond motifs is 1. The summed E-state index contributed by atoms with van der Waals surface area (Å²) in [5, 5.41) is -0.650. The second kappa shape index (κ2) is 5.33. The number of hydrogen-bond donors (Lipinski definition) is 0. The summed E-state index contributed by atoms with van der Waals surface area (Å²) in [6, 6.07) is 0. The van der Waals surface area contributed by atoms with Crippen LogP contribution in [0.15, 0.2) is 4.90 Å². The van der Waals surface area contributed by atoms with E-state index in [1.807, 2.05) is 0 Å². The molecule has 0 N–H and O–H groups in total. The van der Waals surface area contributed by atoms with Crippen molar-refractivity contribution in [3.05, 3.63) is 16.9 Å². The van der Waals surface area contributed by atoms with Gasteiger partial charge in [-0.25, -0.2) is 8.42 Å². The average Bonchev–Trinajstić information content (AvgIpc) is 2.90. The zero-order valence-corrected chi connectivity index (χ0v) is 12.6. The Morgan fingerprint density at radius 1 is 1.38 bits per heavy atom. The standard InChI is InChI=1S/C12H13ClF2N2O3S/c13-8-10-9(12(15)16-11(8)14)17(3-5-21(10,18)19)6-7-2-1-4-20-7/h7H,1-6H2/t7-/m1/s1. The van der Waals surface area contributed by atoms with Crippen molar-refractivity contribution in [3.8, 4) is 0 Å². The lowest BCUT2D eigenvalue weighted by Gasteiger charge is -2.32. The van der Waals surface area contributed by atoms with Crippen LogP contribution in [-0.4, -0.2) is 45.0 Å². The molecule has 0 radical (unpaired) electrons. The smallest absolute Gasteiger partial charge is 0.240 e. The molecule has 0 spiro atoms. The van der Waals surface area contributed by atoms with E-state index in [1.54, 1.807) is 0 Å². The second-order valence-corrected chi connectivity index (χ2v) is 7.51. The lowest BCUT2D eigenvalue weighted by molar-refractivity contribution is 0.115. The lowest BCUT2D eigenvalue weighted by Crippen LogP contribution is -2.41. The van der Waals surface area contributed by atoms with Crippen LogP contribution >= 0.6 is 11.6 Å². The highest BCUT2D eigenvalue weighted by Gasteiger charge is 2.37. The lowest BCUT2D eigenvalue weighted by atomic mass is 10.2. The minimum atomic E-state index is -3.82. The molecule has 0 amide bonds. The van der Waals surface area contributed by atoms with Crippen molar-refractivity contribution in [2.45, 2.75) is 23.8 Å². The zero-order valence-electron chi connectivity index (χ0n) is 11.0. The minimum Gasteiger partial charge on any atom is -0.376 e. The van der Waals surface area contributed by atoms with E-state index in [1.165, 1.54) is 4.90 Å². The van der Waals surface area contributed by atoms with Crippen molar-refractivity contribution in [3.63, 3.8) is 0 Å². The van der Waals surface area contributed by atoms with Gasteiger partial charge in [0.2, 0.25) is 11.9 Å². The number of aromatic nitrogens is 1. The van der Waals surface area contributed by atoms with Gasteiger partial charge in [0.05, 0.1) is 11.9 Å². The van der Waals surface area contributed by atoms with Gasteiger partial charge >= 0.3 is 0 Å². The molecule has 1 aromatic heterocycles. The van der Waals surface area contributed by atoms with Crippen LogP contribution in [0.5, 0.6) is 0 Å². The molecule has 0 aliphatic carbocycles.